The summed E-state index contributed by atoms with van der Waals surface area (Å²) in [5.41, 5.74) is 8.28. The number of hydrogen-bond acceptors (Lipinski definition) is 6. The van der Waals surface area contributed by atoms with Gasteiger partial charge in [0.25, 0.3) is 0 Å². The predicted molar refractivity (Wildman–Crippen MR) is 127 cm³/mol. The molecule has 2 N–H and O–H groups in total. The predicted octanol–water partition coefficient (Wildman–Crippen LogP) is 2.72. The summed E-state index contributed by atoms with van der Waals surface area (Å²) in [4.78, 5) is 26.9. The van der Waals surface area contributed by atoms with Gasteiger partial charge in [-0.15, -0.1) is 5.10 Å². The highest BCUT2D eigenvalue weighted by atomic mass is 16.5. The van der Waals surface area contributed by atoms with E-state index in [0.29, 0.717) is 36.8 Å². The van der Waals surface area contributed by atoms with Gasteiger partial charge < -0.3 is 10.5 Å². The minimum atomic E-state index is -0.904. The van der Waals surface area contributed by atoms with Crippen LogP contribution in [0.2, 0.25) is 0 Å². The zero-order chi connectivity index (χ0) is 24.0. The maximum atomic E-state index is 13.5. The molecule has 2 aromatic carbocycles. The molecule has 6 rings (SSSR count). The van der Waals surface area contributed by atoms with Gasteiger partial charge in [-0.25, -0.2) is 0 Å². The van der Waals surface area contributed by atoms with Gasteiger partial charge in [0.1, 0.15) is 12.4 Å². The second-order valence-corrected chi connectivity index (χ2v) is 8.85. The minimum Gasteiger partial charge on any atom is -0.487 e. The quantitative estimate of drug-likeness (QED) is 0.448. The van der Waals surface area contributed by atoms with Crippen molar-refractivity contribution in [1.29, 1.82) is 0 Å². The van der Waals surface area contributed by atoms with Gasteiger partial charge in [-0.3, -0.25) is 19.2 Å². The molecule has 4 aromatic rings. The van der Waals surface area contributed by atoms with Crippen LogP contribution in [-0.4, -0.2) is 31.8 Å². The third-order valence-corrected chi connectivity index (χ3v) is 6.69. The molecule has 0 saturated heterocycles. The fourth-order valence-electron chi connectivity index (χ4n) is 4.85. The number of carbonyl (C=O) groups excluding carboxylic acids is 2. The van der Waals surface area contributed by atoms with Crippen LogP contribution in [0.25, 0.3) is 0 Å². The van der Waals surface area contributed by atoms with Gasteiger partial charge in [0.2, 0.25) is 11.8 Å². The molecular formula is C26H22N6O3. The van der Waals surface area contributed by atoms with Crippen LogP contribution < -0.4 is 15.4 Å². The van der Waals surface area contributed by atoms with Gasteiger partial charge in [0.15, 0.2) is 5.82 Å². The van der Waals surface area contributed by atoms with Crippen LogP contribution in [0.5, 0.6) is 5.75 Å². The SMILES string of the molecule is NC(=O)C1CC12C(=O)N(c1cc(OCc3ccc(Cn4cccn4)cc3)cnn1)c1ccccc12. The van der Waals surface area contributed by atoms with Gasteiger partial charge in [-0.1, -0.05) is 42.5 Å². The van der Waals surface area contributed by atoms with E-state index in [1.165, 1.54) is 11.1 Å². The standard InChI is InChI=1S/C26H22N6O3/c27-24(33)21-13-26(21)20-4-1-2-5-22(20)32(25(26)34)23-12-19(14-28-30-23)35-16-18-8-6-17(7-9-18)15-31-11-3-10-29-31/h1-12,14,21H,13,15-16H2,(H2,27,33). The van der Waals surface area contributed by atoms with Gasteiger partial charge >= 0.3 is 0 Å². The number of nitrogens with zero attached hydrogens (tertiary/aromatic N) is 5. The monoisotopic (exact) mass is 466 g/mol. The van der Waals surface area contributed by atoms with Crippen molar-refractivity contribution in [2.24, 2.45) is 11.7 Å². The van der Waals surface area contributed by atoms with E-state index in [-0.39, 0.29) is 5.91 Å². The first-order valence-electron chi connectivity index (χ1n) is 11.3. The number of benzene rings is 2. The van der Waals surface area contributed by atoms with E-state index in [9.17, 15) is 9.59 Å². The zero-order valence-electron chi connectivity index (χ0n) is 18.7. The van der Waals surface area contributed by atoms with Crippen molar-refractivity contribution in [2.45, 2.75) is 25.0 Å². The van der Waals surface area contributed by atoms with Crippen molar-refractivity contribution in [1.82, 2.24) is 20.0 Å². The molecular weight excluding hydrogens is 444 g/mol. The average molecular weight is 467 g/mol. The number of nitrogens with two attached hydrogens (primary N) is 1. The third-order valence-electron chi connectivity index (χ3n) is 6.69. The molecule has 2 aromatic heterocycles. The summed E-state index contributed by atoms with van der Waals surface area (Å²) in [6, 6.07) is 19.1. The zero-order valence-corrected chi connectivity index (χ0v) is 18.7. The molecule has 0 radical (unpaired) electrons. The highest BCUT2D eigenvalue weighted by Gasteiger charge is 2.69. The molecule has 3 heterocycles. The van der Waals surface area contributed by atoms with Crippen LogP contribution in [0, 0.1) is 5.92 Å². The molecule has 9 heteroatoms. The van der Waals surface area contributed by atoms with Gasteiger partial charge in [-0.2, -0.15) is 10.2 Å². The first-order valence-corrected chi connectivity index (χ1v) is 11.3. The number of anilines is 2. The summed E-state index contributed by atoms with van der Waals surface area (Å²) < 4.78 is 7.82. The van der Waals surface area contributed by atoms with E-state index >= 15 is 0 Å². The molecule has 1 aliphatic heterocycles. The van der Waals surface area contributed by atoms with Gasteiger partial charge in [0, 0.05) is 18.5 Å². The smallest absolute Gasteiger partial charge is 0.244 e. The van der Waals surface area contributed by atoms with E-state index in [4.69, 9.17) is 10.5 Å². The van der Waals surface area contributed by atoms with Crippen LogP contribution in [-0.2, 0) is 28.2 Å². The average Bonchev–Trinajstić information content (AvgIpc) is 3.35. The Bertz CT molecular complexity index is 1420. The Morgan fingerprint density at radius 3 is 2.66 bits per heavy atom. The molecule has 1 aliphatic carbocycles. The van der Waals surface area contributed by atoms with Crippen LogP contribution in [0.1, 0.15) is 23.1 Å². The van der Waals surface area contributed by atoms with Crippen molar-refractivity contribution < 1.29 is 14.3 Å². The lowest BCUT2D eigenvalue weighted by Crippen LogP contribution is -2.32. The van der Waals surface area contributed by atoms with Crippen molar-refractivity contribution in [2.75, 3.05) is 4.90 Å². The normalized spacial score (nSPS) is 20.2. The number of aromatic nitrogens is 4. The number of rotatable bonds is 7. The lowest BCUT2D eigenvalue weighted by molar-refractivity contribution is -0.124. The van der Waals surface area contributed by atoms with Gasteiger partial charge in [-0.05, 0) is 35.2 Å². The number of fused-ring (bicyclic) bond motifs is 2. The van der Waals surface area contributed by atoms with Crippen molar-refractivity contribution in [3.05, 3.63) is 95.9 Å². The highest BCUT2D eigenvalue weighted by Crippen LogP contribution is 2.62. The second kappa shape index (κ2) is 8.05. The Morgan fingerprint density at radius 2 is 1.91 bits per heavy atom. The molecule has 0 bridgehead atoms. The van der Waals surface area contributed by atoms with E-state index < -0.39 is 17.2 Å². The summed E-state index contributed by atoms with van der Waals surface area (Å²) >= 11 is 0. The Morgan fingerprint density at radius 1 is 1.11 bits per heavy atom. The second-order valence-electron chi connectivity index (χ2n) is 8.85. The van der Waals surface area contributed by atoms with Gasteiger partial charge in [0.05, 0.1) is 29.8 Å². The molecule has 174 valence electrons. The Kier molecular flexibility index (Phi) is 4.84. The van der Waals surface area contributed by atoms with Crippen molar-refractivity contribution in [3.63, 3.8) is 0 Å². The Balaban J connectivity index is 1.20. The first kappa shape index (κ1) is 21.0. The summed E-state index contributed by atoms with van der Waals surface area (Å²) in [6.07, 6.45) is 5.61. The number of para-hydroxylation sites is 1. The summed E-state index contributed by atoms with van der Waals surface area (Å²) in [7, 11) is 0. The highest BCUT2D eigenvalue weighted by molar-refractivity contribution is 6.17. The van der Waals surface area contributed by atoms with E-state index in [2.05, 4.69) is 15.3 Å². The Hall–Kier alpha value is -4.53. The van der Waals surface area contributed by atoms with E-state index in [0.717, 1.165) is 16.7 Å². The number of primary amides is 1. The maximum absolute atomic E-state index is 13.5. The minimum absolute atomic E-state index is 0.207. The summed E-state index contributed by atoms with van der Waals surface area (Å²) in [5.74, 6) is -0.342. The number of hydrogen-bond donors (Lipinski definition) is 1. The molecule has 1 saturated carbocycles. The molecule has 9 nitrogen and oxygen atoms in total. The van der Waals surface area contributed by atoms with E-state index in [1.54, 1.807) is 12.3 Å². The fourth-order valence-corrected chi connectivity index (χ4v) is 4.85. The molecule has 1 spiro atoms. The maximum Gasteiger partial charge on any atom is 0.244 e. The number of ether oxygens (including phenoxy) is 1. The van der Waals surface area contributed by atoms with Crippen molar-refractivity contribution >= 4 is 23.3 Å². The summed E-state index contributed by atoms with van der Waals surface area (Å²) in [5, 5.41) is 12.5. The fraction of sp³-hybridized carbons (Fsp3) is 0.192. The molecule has 35 heavy (non-hydrogen) atoms. The van der Waals surface area contributed by atoms with Crippen molar-refractivity contribution in [3.8, 4) is 5.75 Å². The van der Waals surface area contributed by atoms with E-state index in [1.807, 2.05) is 65.5 Å². The Labute approximate surface area is 201 Å². The lowest BCUT2D eigenvalue weighted by Gasteiger charge is -2.17. The topological polar surface area (TPSA) is 116 Å². The molecule has 1 fully saturated rings. The molecule has 2 aliphatic rings. The van der Waals surface area contributed by atoms with Crippen LogP contribution in [0.15, 0.2) is 79.3 Å². The van der Waals surface area contributed by atoms with Crippen LogP contribution in [0.3, 0.4) is 0 Å². The lowest BCUT2D eigenvalue weighted by atomic mass is 9.95. The molecule has 2 unspecified atom stereocenters. The van der Waals surface area contributed by atoms with Crippen LogP contribution >= 0.6 is 0 Å². The summed E-state index contributed by atoms with van der Waals surface area (Å²) in [6.45, 7) is 1.04. The first-order chi connectivity index (χ1) is 17.1. The number of amides is 2. The largest absolute Gasteiger partial charge is 0.487 e. The third kappa shape index (κ3) is 3.52. The molecule has 2 amide bonds. The van der Waals surface area contributed by atoms with Crippen LogP contribution in [0.4, 0.5) is 11.5 Å². The number of carbonyl (C=O) groups is 2. The molecule has 2 atom stereocenters.